The smallest absolute Gasteiger partial charge is 0.319 e. The van der Waals surface area contributed by atoms with E-state index in [1.54, 1.807) is 18.2 Å². The van der Waals surface area contributed by atoms with Gasteiger partial charge in [-0.15, -0.1) is 0 Å². The van der Waals surface area contributed by atoms with E-state index in [4.69, 9.17) is 0 Å². The zero-order valence-corrected chi connectivity index (χ0v) is 21.5. The highest BCUT2D eigenvalue weighted by atomic mass is 32.2. The molecule has 7 heteroatoms. The number of hydrogen-bond donors (Lipinski definition) is 3. The van der Waals surface area contributed by atoms with E-state index in [0.29, 0.717) is 16.9 Å². The van der Waals surface area contributed by atoms with Crippen LogP contribution in [0.5, 0.6) is 0 Å². The minimum atomic E-state index is -3.48. The maximum atomic E-state index is 12.6. The summed E-state index contributed by atoms with van der Waals surface area (Å²) >= 11 is 0. The quantitative estimate of drug-likeness (QED) is 0.406. The molecule has 0 spiro atoms. The number of urea groups is 1. The normalized spacial score (nSPS) is 12.1. The van der Waals surface area contributed by atoms with Crippen molar-refractivity contribution in [2.75, 3.05) is 16.3 Å². The van der Waals surface area contributed by atoms with Gasteiger partial charge in [0.25, 0.3) is 0 Å². The summed E-state index contributed by atoms with van der Waals surface area (Å²) in [5, 5.41) is 5.78. The van der Waals surface area contributed by atoms with Crippen LogP contribution < -0.4 is 15.4 Å². The molecular formula is C28H31N3O3S. The Morgan fingerprint density at radius 1 is 0.914 bits per heavy atom. The minimum Gasteiger partial charge on any atom is -0.331 e. The average Bonchev–Trinajstić information content (AvgIpc) is 2.77. The number of sulfonamides is 1. The van der Waals surface area contributed by atoms with Gasteiger partial charge < -0.3 is 10.6 Å². The van der Waals surface area contributed by atoms with Crippen LogP contribution in [-0.2, 0) is 15.4 Å². The lowest BCUT2D eigenvalue weighted by Gasteiger charge is -2.20. The van der Waals surface area contributed by atoms with Gasteiger partial charge in [-0.25, -0.2) is 13.2 Å². The summed E-state index contributed by atoms with van der Waals surface area (Å²) in [4.78, 5) is 12.6. The van der Waals surface area contributed by atoms with Crippen LogP contribution in [0.2, 0.25) is 0 Å². The second-order valence-corrected chi connectivity index (χ2v) is 11.2. The van der Waals surface area contributed by atoms with Crippen molar-refractivity contribution in [3.63, 3.8) is 0 Å². The van der Waals surface area contributed by atoms with Gasteiger partial charge in [0.05, 0.1) is 18.0 Å². The van der Waals surface area contributed by atoms with Crippen LogP contribution in [0.15, 0.2) is 72.8 Å². The number of amides is 2. The van der Waals surface area contributed by atoms with E-state index in [0.717, 1.165) is 17.4 Å². The molecule has 0 bridgehead atoms. The first kappa shape index (κ1) is 25.9. The molecule has 0 aliphatic heterocycles. The third-order valence-corrected chi connectivity index (χ3v) is 5.90. The van der Waals surface area contributed by atoms with Crippen molar-refractivity contribution in [3.05, 3.63) is 95.1 Å². The van der Waals surface area contributed by atoms with Gasteiger partial charge in [0.15, 0.2) is 0 Å². The third-order valence-electron chi connectivity index (χ3n) is 5.31. The molecular weight excluding hydrogens is 458 g/mol. The Balaban J connectivity index is 1.78. The summed E-state index contributed by atoms with van der Waals surface area (Å²) in [5.41, 5.74) is 4.42. The first-order valence-electron chi connectivity index (χ1n) is 11.3. The fourth-order valence-corrected chi connectivity index (χ4v) is 3.96. The van der Waals surface area contributed by atoms with E-state index in [1.165, 1.54) is 5.56 Å². The van der Waals surface area contributed by atoms with Gasteiger partial charge in [-0.1, -0.05) is 69.0 Å². The first-order chi connectivity index (χ1) is 16.4. The molecule has 0 heterocycles. The highest BCUT2D eigenvalue weighted by Crippen LogP contribution is 2.24. The standard InChI is InChI=1S/C28H31N3O3S/c1-20(29-27(32)30-25-16-14-24(15-17-25)28(2,3)4)22-13-18-26(31-35(5,33)34)23(19-22)12-11-21-9-7-6-8-10-21/h6-10,13-20,31H,1-5H3,(H2,29,30,32)/t20-/m1/s1. The van der Waals surface area contributed by atoms with E-state index in [2.05, 4.69) is 48.0 Å². The molecule has 3 aromatic rings. The summed E-state index contributed by atoms with van der Waals surface area (Å²) in [6.45, 7) is 8.27. The van der Waals surface area contributed by atoms with Gasteiger partial charge in [-0.05, 0) is 59.9 Å². The molecule has 1 atom stereocenters. The monoisotopic (exact) mass is 489 g/mol. The Kier molecular flexibility index (Phi) is 7.88. The van der Waals surface area contributed by atoms with Crippen LogP contribution >= 0.6 is 0 Å². The van der Waals surface area contributed by atoms with Gasteiger partial charge in [0.1, 0.15) is 0 Å². The lowest BCUT2D eigenvalue weighted by Crippen LogP contribution is -2.31. The fraction of sp³-hybridized carbons (Fsp3) is 0.250. The zero-order chi connectivity index (χ0) is 25.6. The molecule has 0 saturated heterocycles. The Bertz CT molecular complexity index is 1350. The molecule has 2 amide bonds. The van der Waals surface area contributed by atoms with Crippen molar-refractivity contribution in [2.45, 2.75) is 39.2 Å². The molecule has 3 N–H and O–H groups in total. The average molecular weight is 490 g/mol. The second-order valence-electron chi connectivity index (χ2n) is 9.44. The molecule has 182 valence electrons. The van der Waals surface area contributed by atoms with Crippen molar-refractivity contribution in [2.24, 2.45) is 0 Å². The van der Waals surface area contributed by atoms with Crippen LogP contribution in [0.3, 0.4) is 0 Å². The number of hydrogen-bond acceptors (Lipinski definition) is 3. The van der Waals surface area contributed by atoms with Gasteiger partial charge in [-0.2, -0.15) is 0 Å². The number of benzene rings is 3. The van der Waals surface area contributed by atoms with Crippen molar-refractivity contribution in [1.82, 2.24) is 5.32 Å². The molecule has 3 aromatic carbocycles. The lowest BCUT2D eigenvalue weighted by molar-refractivity contribution is 0.249. The number of carbonyl (C=O) groups excluding carboxylic acids is 1. The first-order valence-corrected chi connectivity index (χ1v) is 13.2. The number of anilines is 2. The van der Waals surface area contributed by atoms with Gasteiger partial charge in [0.2, 0.25) is 10.0 Å². The maximum absolute atomic E-state index is 12.6. The SMILES string of the molecule is C[C@@H](NC(=O)Nc1ccc(C(C)(C)C)cc1)c1ccc(NS(C)(=O)=O)c(C#Cc2ccccc2)c1. The Morgan fingerprint density at radius 2 is 1.57 bits per heavy atom. The van der Waals surface area contributed by atoms with Gasteiger partial charge in [0, 0.05) is 16.8 Å². The van der Waals surface area contributed by atoms with Crippen LogP contribution in [0.4, 0.5) is 16.2 Å². The fourth-order valence-electron chi connectivity index (χ4n) is 3.39. The Morgan fingerprint density at radius 3 is 2.17 bits per heavy atom. The van der Waals surface area contributed by atoms with Gasteiger partial charge >= 0.3 is 6.03 Å². The van der Waals surface area contributed by atoms with E-state index in [1.807, 2.05) is 61.5 Å². The predicted molar refractivity (Wildman–Crippen MR) is 143 cm³/mol. The van der Waals surface area contributed by atoms with E-state index < -0.39 is 10.0 Å². The maximum Gasteiger partial charge on any atom is 0.319 e. The number of nitrogens with one attached hydrogen (secondary N) is 3. The largest absolute Gasteiger partial charge is 0.331 e. The van der Waals surface area contributed by atoms with Crippen molar-refractivity contribution in [1.29, 1.82) is 0 Å². The van der Waals surface area contributed by atoms with E-state index in [-0.39, 0.29) is 17.5 Å². The summed E-state index contributed by atoms with van der Waals surface area (Å²) in [6.07, 6.45) is 1.10. The minimum absolute atomic E-state index is 0.0363. The molecule has 0 unspecified atom stereocenters. The molecule has 0 fully saturated rings. The zero-order valence-electron chi connectivity index (χ0n) is 20.6. The highest BCUT2D eigenvalue weighted by Gasteiger charge is 2.15. The molecule has 0 aliphatic rings. The third kappa shape index (κ3) is 7.90. The molecule has 35 heavy (non-hydrogen) atoms. The molecule has 0 aliphatic carbocycles. The number of rotatable bonds is 5. The van der Waals surface area contributed by atoms with E-state index >= 15 is 0 Å². The van der Waals surface area contributed by atoms with Gasteiger partial charge in [-0.3, -0.25) is 4.72 Å². The topological polar surface area (TPSA) is 87.3 Å². The Labute approximate surface area is 208 Å². The summed E-state index contributed by atoms with van der Waals surface area (Å²) in [6, 6.07) is 21.7. The number of carbonyl (C=O) groups is 1. The summed E-state index contributed by atoms with van der Waals surface area (Å²) in [5.74, 6) is 6.11. The van der Waals surface area contributed by atoms with Crippen LogP contribution in [0.25, 0.3) is 0 Å². The summed E-state index contributed by atoms with van der Waals surface area (Å²) < 4.78 is 26.1. The van der Waals surface area contributed by atoms with Crippen molar-refractivity contribution in [3.8, 4) is 11.8 Å². The van der Waals surface area contributed by atoms with E-state index in [9.17, 15) is 13.2 Å². The second kappa shape index (κ2) is 10.7. The molecule has 0 aromatic heterocycles. The molecule has 6 nitrogen and oxygen atoms in total. The summed E-state index contributed by atoms with van der Waals surface area (Å²) in [7, 11) is -3.48. The van der Waals surface area contributed by atoms with Crippen LogP contribution in [0.1, 0.15) is 56.0 Å². The molecule has 3 rings (SSSR count). The van der Waals surface area contributed by atoms with Crippen molar-refractivity contribution < 1.29 is 13.2 Å². The molecule has 0 radical (unpaired) electrons. The lowest BCUT2D eigenvalue weighted by atomic mass is 9.87. The predicted octanol–water partition coefficient (Wildman–Crippen LogP) is 5.64. The highest BCUT2D eigenvalue weighted by molar-refractivity contribution is 7.92. The van der Waals surface area contributed by atoms with Crippen LogP contribution in [0, 0.1) is 11.8 Å². The van der Waals surface area contributed by atoms with Crippen LogP contribution in [-0.4, -0.2) is 20.7 Å². The van der Waals surface area contributed by atoms with Crippen molar-refractivity contribution >= 4 is 27.4 Å². The molecule has 0 saturated carbocycles. The Hall–Kier alpha value is -3.76.